The Hall–Kier alpha value is -1.04. The number of aromatic nitrogens is 3. The molecule has 0 radical (unpaired) electrons. The standard InChI is InChI=1S/C7H12N4OS/c1-7(2,3)13(12)9-5-6-4-8-11-10-6/h4-5H,1-3H3,(H,8,10,11)/t13-/m1/s1. The van der Waals surface area contributed by atoms with E-state index >= 15 is 0 Å². The molecule has 0 spiro atoms. The van der Waals surface area contributed by atoms with Gasteiger partial charge in [0.2, 0.25) is 0 Å². The highest BCUT2D eigenvalue weighted by molar-refractivity contribution is 7.85. The summed E-state index contributed by atoms with van der Waals surface area (Å²) in [5.74, 6) is 0. The Bertz CT molecular complexity index is 312. The van der Waals surface area contributed by atoms with Crippen LogP contribution in [0, 0.1) is 0 Å². The van der Waals surface area contributed by atoms with Crippen LogP contribution < -0.4 is 0 Å². The van der Waals surface area contributed by atoms with E-state index in [9.17, 15) is 4.21 Å². The van der Waals surface area contributed by atoms with Crippen LogP contribution in [0.4, 0.5) is 0 Å². The number of aromatic amines is 1. The van der Waals surface area contributed by atoms with E-state index < -0.39 is 11.0 Å². The zero-order chi connectivity index (χ0) is 9.90. The number of H-pyrrole nitrogens is 1. The molecule has 0 aromatic carbocycles. The first-order valence-electron chi connectivity index (χ1n) is 3.82. The summed E-state index contributed by atoms with van der Waals surface area (Å²) in [4.78, 5) is 0. The Morgan fingerprint density at radius 1 is 1.62 bits per heavy atom. The van der Waals surface area contributed by atoms with Gasteiger partial charge in [0, 0.05) is 0 Å². The molecule has 6 heteroatoms. The van der Waals surface area contributed by atoms with Crippen molar-refractivity contribution in [1.82, 2.24) is 15.4 Å². The van der Waals surface area contributed by atoms with E-state index in [4.69, 9.17) is 0 Å². The minimum Gasteiger partial charge on any atom is -0.234 e. The second-order valence-electron chi connectivity index (χ2n) is 3.49. The van der Waals surface area contributed by atoms with E-state index in [1.165, 1.54) is 12.4 Å². The lowest BCUT2D eigenvalue weighted by Crippen LogP contribution is -2.19. The third kappa shape index (κ3) is 3.06. The molecule has 13 heavy (non-hydrogen) atoms. The van der Waals surface area contributed by atoms with Crippen molar-refractivity contribution in [3.05, 3.63) is 11.9 Å². The summed E-state index contributed by atoms with van der Waals surface area (Å²) < 4.78 is 14.9. The lowest BCUT2D eigenvalue weighted by atomic mass is 10.3. The first-order valence-corrected chi connectivity index (χ1v) is 4.92. The lowest BCUT2D eigenvalue weighted by Gasteiger charge is -2.12. The van der Waals surface area contributed by atoms with Gasteiger partial charge in [-0.3, -0.25) is 0 Å². The van der Waals surface area contributed by atoms with Gasteiger partial charge < -0.3 is 0 Å². The van der Waals surface area contributed by atoms with E-state index in [0.717, 1.165) is 0 Å². The lowest BCUT2D eigenvalue weighted by molar-refractivity contribution is 0.651. The Kier molecular flexibility index (Phi) is 2.92. The monoisotopic (exact) mass is 200 g/mol. The number of rotatable bonds is 2. The summed E-state index contributed by atoms with van der Waals surface area (Å²) in [6.07, 6.45) is 2.97. The predicted molar refractivity (Wildman–Crippen MR) is 51.9 cm³/mol. The fraction of sp³-hybridized carbons (Fsp3) is 0.571. The van der Waals surface area contributed by atoms with Gasteiger partial charge in [-0.15, -0.1) is 0 Å². The van der Waals surface area contributed by atoms with Crippen LogP contribution in [0.1, 0.15) is 26.5 Å². The Morgan fingerprint density at radius 2 is 2.31 bits per heavy atom. The van der Waals surface area contributed by atoms with Crippen molar-refractivity contribution in [3.8, 4) is 0 Å². The normalized spacial score (nSPS) is 15.0. The maximum atomic E-state index is 11.4. The molecule has 0 saturated heterocycles. The molecule has 0 unspecified atom stereocenters. The molecule has 0 bridgehead atoms. The van der Waals surface area contributed by atoms with Crippen LogP contribution in [0.5, 0.6) is 0 Å². The second-order valence-corrected chi connectivity index (χ2v) is 5.42. The van der Waals surface area contributed by atoms with Gasteiger partial charge in [-0.1, -0.05) is 0 Å². The highest BCUT2D eigenvalue weighted by Crippen LogP contribution is 2.11. The van der Waals surface area contributed by atoms with Crippen LogP contribution in [0.3, 0.4) is 0 Å². The number of hydrogen-bond donors (Lipinski definition) is 1. The van der Waals surface area contributed by atoms with E-state index in [2.05, 4.69) is 19.8 Å². The topological polar surface area (TPSA) is 71.0 Å². The van der Waals surface area contributed by atoms with Crippen molar-refractivity contribution in [2.75, 3.05) is 0 Å². The average molecular weight is 200 g/mol. The number of nitrogens with zero attached hydrogens (tertiary/aromatic N) is 3. The fourth-order valence-corrected chi connectivity index (χ4v) is 1.05. The summed E-state index contributed by atoms with van der Waals surface area (Å²) in [5, 5.41) is 9.79. The quantitative estimate of drug-likeness (QED) is 0.714. The van der Waals surface area contributed by atoms with Crippen LogP contribution in [0.2, 0.25) is 0 Å². The first-order chi connectivity index (χ1) is 6.00. The molecule has 0 amide bonds. The van der Waals surface area contributed by atoms with E-state index in [-0.39, 0.29) is 4.75 Å². The third-order valence-corrected chi connectivity index (χ3v) is 2.58. The highest BCUT2D eigenvalue weighted by atomic mass is 32.2. The zero-order valence-corrected chi connectivity index (χ0v) is 8.63. The van der Waals surface area contributed by atoms with Gasteiger partial charge in [0.15, 0.2) is 0 Å². The summed E-state index contributed by atoms with van der Waals surface area (Å²) in [7, 11) is -1.23. The first kappa shape index (κ1) is 10.0. The molecule has 1 heterocycles. The SMILES string of the molecule is CC(C)(C)[S@@](=O)N=Cc1cn[nH]n1. The van der Waals surface area contributed by atoms with Crippen molar-refractivity contribution in [2.24, 2.45) is 4.40 Å². The van der Waals surface area contributed by atoms with E-state index in [1.807, 2.05) is 20.8 Å². The van der Waals surface area contributed by atoms with Crippen molar-refractivity contribution in [2.45, 2.75) is 25.5 Å². The van der Waals surface area contributed by atoms with Gasteiger partial charge in [-0.2, -0.15) is 19.8 Å². The summed E-state index contributed by atoms with van der Waals surface area (Å²) in [6.45, 7) is 5.59. The molecule has 5 nitrogen and oxygen atoms in total. The zero-order valence-electron chi connectivity index (χ0n) is 7.81. The maximum absolute atomic E-state index is 11.4. The fourth-order valence-electron chi connectivity index (χ4n) is 0.533. The van der Waals surface area contributed by atoms with Gasteiger partial charge in [-0.05, 0) is 20.8 Å². The van der Waals surface area contributed by atoms with Crippen molar-refractivity contribution >= 4 is 17.2 Å². The molecule has 1 N–H and O–H groups in total. The molecule has 1 rings (SSSR count). The molecule has 0 aliphatic carbocycles. The molecule has 1 atom stereocenters. The van der Waals surface area contributed by atoms with Crippen molar-refractivity contribution in [3.63, 3.8) is 0 Å². The minimum atomic E-state index is -1.23. The molecule has 1 aromatic heterocycles. The molecular formula is C7H12N4OS. The van der Waals surface area contributed by atoms with Crippen LogP contribution in [0.15, 0.2) is 10.6 Å². The number of nitrogens with one attached hydrogen (secondary N) is 1. The van der Waals surface area contributed by atoms with Crippen molar-refractivity contribution in [1.29, 1.82) is 0 Å². The van der Waals surface area contributed by atoms with Gasteiger partial charge in [0.05, 0.1) is 17.2 Å². The van der Waals surface area contributed by atoms with Crippen molar-refractivity contribution < 1.29 is 4.21 Å². The van der Waals surface area contributed by atoms with Gasteiger partial charge in [0.25, 0.3) is 0 Å². The highest BCUT2D eigenvalue weighted by Gasteiger charge is 2.18. The number of hydrogen-bond acceptors (Lipinski definition) is 3. The van der Waals surface area contributed by atoms with Crippen LogP contribution in [0.25, 0.3) is 0 Å². The minimum absolute atomic E-state index is 0.333. The third-order valence-electron chi connectivity index (χ3n) is 1.24. The predicted octanol–water partition coefficient (Wildman–Crippen LogP) is 0.686. The van der Waals surface area contributed by atoms with Crippen LogP contribution in [-0.2, 0) is 11.0 Å². The molecule has 0 saturated carbocycles. The Balaban J connectivity index is 2.65. The molecule has 72 valence electrons. The summed E-state index contributed by atoms with van der Waals surface area (Å²) >= 11 is 0. The summed E-state index contributed by atoms with van der Waals surface area (Å²) in [5.41, 5.74) is 0.581. The summed E-state index contributed by atoms with van der Waals surface area (Å²) in [6, 6.07) is 0. The Morgan fingerprint density at radius 3 is 2.77 bits per heavy atom. The molecule has 0 fully saturated rings. The smallest absolute Gasteiger partial charge is 0.144 e. The largest absolute Gasteiger partial charge is 0.234 e. The van der Waals surface area contributed by atoms with Gasteiger partial charge in [0.1, 0.15) is 16.7 Å². The van der Waals surface area contributed by atoms with E-state index in [1.54, 1.807) is 0 Å². The molecular weight excluding hydrogens is 188 g/mol. The van der Waals surface area contributed by atoms with Crippen LogP contribution in [-0.4, -0.2) is 30.6 Å². The average Bonchev–Trinajstić information content (AvgIpc) is 2.50. The molecule has 0 aliphatic heterocycles. The second kappa shape index (κ2) is 3.78. The maximum Gasteiger partial charge on any atom is 0.144 e. The van der Waals surface area contributed by atoms with Gasteiger partial charge in [-0.25, -0.2) is 4.21 Å². The molecule has 0 aliphatic rings. The van der Waals surface area contributed by atoms with Gasteiger partial charge >= 0.3 is 0 Å². The van der Waals surface area contributed by atoms with Crippen LogP contribution >= 0.6 is 0 Å². The Labute approximate surface area is 79.2 Å². The van der Waals surface area contributed by atoms with E-state index in [0.29, 0.717) is 5.69 Å². The molecule has 1 aromatic rings.